The number of rotatable bonds is 5. The van der Waals surface area contributed by atoms with Gasteiger partial charge in [0.1, 0.15) is 5.54 Å². The van der Waals surface area contributed by atoms with Crippen molar-refractivity contribution in [3.63, 3.8) is 0 Å². The number of carbonyl (C=O) groups is 2. The van der Waals surface area contributed by atoms with Crippen LogP contribution in [0.25, 0.3) is 0 Å². The Labute approximate surface area is 147 Å². The summed E-state index contributed by atoms with van der Waals surface area (Å²) in [5, 5.41) is 18.7. The van der Waals surface area contributed by atoms with E-state index in [0.29, 0.717) is 5.56 Å². The zero-order valence-electron chi connectivity index (χ0n) is 14.2. The Hall–Kier alpha value is -1.99. The van der Waals surface area contributed by atoms with Crippen LogP contribution in [0.15, 0.2) is 18.2 Å². The van der Waals surface area contributed by atoms with Crippen molar-refractivity contribution in [3.8, 4) is 11.5 Å². The van der Waals surface area contributed by atoms with Crippen molar-refractivity contribution in [2.75, 3.05) is 6.79 Å². The molecular formula is C16H24ClNO6. The molecule has 0 aromatic heterocycles. The highest BCUT2D eigenvalue weighted by molar-refractivity contribution is 5.85. The van der Waals surface area contributed by atoms with Crippen molar-refractivity contribution >= 4 is 24.3 Å². The van der Waals surface area contributed by atoms with Crippen molar-refractivity contribution < 1.29 is 29.3 Å². The van der Waals surface area contributed by atoms with E-state index in [1.807, 2.05) is 0 Å². The first-order chi connectivity index (χ1) is 10.4. The molecule has 0 aliphatic carbocycles. The second-order valence-electron chi connectivity index (χ2n) is 6.65. The van der Waals surface area contributed by atoms with E-state index in [-0.39, 0.29) is 30.3 Å². The van der Waals surface area contributed by atoms with Gasteiger partial charge in [0.25, 0.3) is 0 Å². The molecule has 1 aromatic rings. The molecule has 1 rings (SSSR count). The molecule has 1 unspecified atom stereocenters. The van der Waals surface area contributed by atoms with Gasteiger partial charge in [-0.1, -0.05) is 6.07 Å². The lowest BCUT2D eigenvalue weighted by atomic mass is 9.94. The van der Waals surface area contributed by atoms with Gasteiger partial charge in [-0.05, 0) is 45.4 Å². The third-order valence-corrected chi connectivity index (χ3v) is 3.07. The third kappa shape index (κ3) is 6.25. The lowest BCUT2D eigenvalue weighted by Crippen LogP contribution is -2.48. The van der Waals surface area contributed by atoms with E-state index in [1.165, 1.54) is 25.1 Å². The quantitative estimate of drug-likeness (QED) is 0.416. The van der Waals surface area contributed by atoms with Crippen LogP contribution in [-0.2, 0) is 25.5 Å². The molecule has 0 saturated heterocycles. The number of hydrogen-bond acceptors (Lipinski definition) is 7. The molecule has 4 N–H and O–H groups in total. The molecule has 1 atom stereocenters. The fraction of sp³-hybridized carbons (Fsp3) is 0.500. The number of phenolic OH excluding ortho intramolecular Hbond substituents is 2. The molecule has 0 amide bonds. The van der Waals surface area contributed by atoms with Crippen molar-refractivity contribution in [1.82, 2.24) is 0 Å². The molecule has 0 radical (unpaired) electrons. The molecule has 7 nitrogen and oxygen atoms in total. The number of nitrogens with two attached hydrogens (primary N) is 1. The van der Waals surface area contributed by atoms with E-state index in [4.69, 9.17) is 15.2 Å². The standard InChI is InChI=1S/C16H23NO6.ClH/c1-15(2,3)13(20)22-9-23-14(21)16(4,17)8-10-5-6-11(18)12(19)7-10;/h5-7,18-19H,8-9,17H2,1-4H3;1H. The van der Waals surface area contributed by atoms with Crippen LogP contribution in [0.2, 0.25) is 0 Å². The number of phenols is 2. The predicted molar refractivity (Wildman–Crippen MR) is 89.8 cm³/mol. The number of aromatic hydroxyl groups is 2. The second-order valence-corrected chi connectivity index (χ2v) is 6.65. The lowest BCUT2D eigenvalue weighted by Gasteiger charge is -2.23. The zero-order valence-corrected chi connectivity index (χ0v) is 15.0. The summed E-state index contributed by atoms with van der Waals surface area (Å²) in [6.07, 6.45) is 0.0763. The lowest BCUT2D eigenvalue weighted by molar-refractivity contribution is -0.176. The van der Waals surface area contributed by atoms with Gasteiger partial charge in [-0.2, -0.15) is 0 Å². The minimum absolute atomic E-state index is 0. The molecular weight excluding hydrogens is 338 g/mol. The summed E-state index contributed by atoms with van der Waals surface area (Å²) in [6.45, 7) is 6.00. The largest absolute Gasteiger partial charge is 0.504 e. The molecule has 0 spiro atoms. The van der Waals surface area contributed by atoms with Crippen LogP contribution < -0.4 is 5.73 Å². The Kier molecular flexibility index (Phi) is 7.53. The second kappa shape index (κ2) is 8.21. The third-order valence-electron chi connectivity index (χ3n) is 3.07. The minimum atomic E-state index is -1.38. The molecule has 0 heterocycles. The van der Waals surface area contributed by atoms with Crippen LogP contribution in [0.4, 0.5) is 0 Å². The maximum atomic E-state index is 12.0. The maximum Gasteiger partial charge on any atom is 0.329 e. The maximum absolute atomic E-state index is 12.0. The Bertz CT molecular complexity index is 595. The summed E-state index contributed by atoms with van der Waals surface area (Å²) in [4.78, 5) is 23.6. The van der Waals surface area contributed by atoms with E-state index in [2.05, 4.69) is 0 Å². The van der Waals surface area contributed by atoms with Gasteiger partial charge in [0.05, 0.1) is 5.41 Å². The summed E-state index contributed by atoms with van der Waals surface area (Å²) < 4.78 is 9.73. The van der Waals surface area contributed by atoms with Gasteiger partial charge in [-0.15, -0.1) is 12.4 Å². The predicted octanol–water partition coefficient (Wildman–Crippen LogP) is 1.87. The van der Waals surface area contributed by atoms with E-state index in [9.17, 15) is 19.8 Å². The van der Waals surface area contributed by atoms with Crippen LogP contribution >= 0.6 is 12.4 Å². The highest BCUT2D eigenvalue weighted by Crippen LogP contribution is 2.26. The van der Waals surface area contributed by atoms with Crippen molar-refractivity contribution in [2.24, 2.45) is 11.1 Å². The summed E-state index contributed by atoms with van der Waals surface area (Å²) in [6, 6.07) is 4.15. The van der Waals surface area contributed by atoms with Gasteiger partial charge >= 0.3 is 11.9 Å². The number of halogens is 1. The first-order valence-electron chi connectivity index (χ1n) is 7.07. The van der Waals surface area contributed by atoms with E-state index in [1.54, 1.807) is 20.8 Å². The number of hydrogen-bond donors (Lipinski definition) is 3. The first kappa shape index (κ1) is 22.0. The van der Waals surface area contributed by atoms with Crippen LogP contribution in [-0.4, -0.2) is 34.5 Å². The van der Waals surface area contributed by atoms with Crippen LogP contribution in [0.5, 0.6) is 11.5 Å². The Balaban J connectivity index is 0.00000529. The molecule has 1 aromatic carbocycles. The fourth-order valence-corrected chi connectivity index (χ4v) is 1.69. The van der Waals surface area contributed by atoms with E-state index < -0.39 is 29.7 Å². The highest BCUT2D eigenvalue weighted by atomic mass is 35.5. The number of esters is 2. The Morgan fingerprint density at radius 2 is 1.58 bits per heavy atom. The first-order valence-corrected chi connectivity index (χ1v) is 7.07. The Morgan fingerprint density at radius 1 is 1.04 bits per heavy atom. The summed E-state index contributed by atoms with van der Waals surface area (Å²) in [5.74, 6) is -1.80. The zero-order chi connectivity index (χ0) is 17.8. The minimum Gasteiger partial charge on any atom is -0.504 e. The van der Waals surface area contributed by atoms with Gasteiger partial charge in [0.2, 0.25) is 6.79 Å². The van der Waals surface area contributed by atoms with Crippen molar-refractivity contribution in [1.29, 1.82) is 0 Å². The van der Waals surface area contributed by atoms with Gasteiger partial charge < -0.3 is 25.4 Å². The Morgan fingerprint density at radius 3 is 2.08 bits per heavy atom. The average molecular weight is 362 g/mol. The van der Waals surface area contributed by atoms with E-state index in [0.717, 1.165) is 0 Å². The van der Waals surface area contributed by atoms with Gasteiger partial charge in [-0.3, -0.25) is 4.79 Å². The van der Waals surface area contributed by atoms with Crippen LogP contribution in [0, 0.1) is 5.41 Å². The SMILES string of the molecule is CC(C)(C)C(=O)OCOC(=O)C(C)(N)Cc1ccc(O)c(O)c1.Cl. The summed E-state index contributed by atoms with van der Waals surface area (Å²) in [7, 11) is 0. The average Bonchev–Trinajstić information content (AvgIpc) is 2.41. The van der Waals surface area contributed by atoms with Gasteiger partial charge in [0, 0.05) is 6.42 Å². The van der Waals surface area contributed by atoms with Gasteiger partial charge in [0.15, 0.2) is 11.5 Å². The molecule has 24 heavy (non-hydrogen) atoms. The van der Waals surface area contributed by atoms with E-state index >= 15 is 0 Å². The van der Waals surface area contributed by atoms with Crippen LogP contribution in [0.3, 0.4) is 0 Å². The normalized spacial score (nSPS) is 13.4. The summed E-state index contributed by atoms with van der Waals surface area (Å²) in [5.41, 5.74) is 4.40. The van der Waals surface area contributed by atoms with Crippen molar-refractivity contribution in [2.45, 2.75) is 39.7 Å². The topological polar surface area (TPSA) is 119 Å². The molecule has 8 heteroatoms. The molecule has 0 fully saturated rings. The molecule has 0 bridgehead atoms. The van der Waals surface area contributed by atoms with Crippen LogP contribution in [0.1, 0.15) is 33.3 Å². The fourth-order valence-electron chi connectivity index (χ4n) is 1.69. The van der Waals surface area contributed by atoms with Gasteiger partial charge in [-0.25, -0.2) is 4.79 Å². The molecule has 0 aliphatic rings. The molecule has 0 aliphatic heterocycles. The molecule has 0 saturated carbocycles. The number of carbonyl (C=O) groups excluding carboxylic acids is 2. The smallest absolute Gasteiger partial charge is 0.329 e. The number of ether oxygens (including phenoxy) is 2. The van der Waals surface area contributed by atoms with Crippen molar-refractivity contribution in [3.05, 3.63) is 23.8 Å². The highest BCUT2D eigenvalue weighted by Gasteiger charge is 2.31. The number of benzene rings is 1. The summed E-state index contributed by atoms with van der Waals surface area (Å²) >= 11 is 0. The molecule has 136 valence electrons. The monoisotopic (exact) mass is 361 g/mol.